The average molecular weight is 295 g/mol. The molecular weight excluding hydrogens is 280 g/mol. The lowest BCUT2D eigenvalue weighted by Gasteiger charge is -2.17. The fourth-order valence-electron chi connectivity index (χ4n) is 1.89. The highest BCUT2D eigenvalue weighted by Gasteiger charge is 2.16. The minimum absolute atomic E-state index is 0.113. The van der Waals surface area contributed by atoms with Gasteiger partial charge in [-0.2, -0.15) is 0 Å². The van der Waals surface area contributed by atoms with Crippen molar-refractivity contribution in [3.63, 3.8) is 0 Å². The van der Waals surface area contributed by atoms with E-state index >= 15 is 0 Å². The molecule has 0 spiro atoms. The minimum Gasteiger partial charge on any atom is -0.308 e. The van der Waals surface area contributed by atoms with E-state index in [1.807, 2.05) is 14.1 Å². The molecule has 5 heteroatoms. The third-order valence-electron chi connectivity index (χ3n) is 2.85. The lowest BCUT2D eigenvalue weighted by Crippen LogP contribution is -2.20. The van der Waals surface area contributed by atoms with Crippen molar-refractivity contribution >= 4 is 15.9 Å². The van der Waals surface area contributed by atoms with Crippen molar-refractivity contribution in [1.82, 2.24) is 20.3 Å². The first-order valence-electron chi connectivity index (χ1n) is 5.41. The van der Waals surface area contributed by atoms with Gasteiger partial charge in [-0.15, -0.1) is 5.10 Å². The molecule has 0 aliphatic carbocycles. The smallest absolute Gasteiger partial charge is 0.0798 e. The van der Waals surface area contributed by atoms with Gasteiger partial charge in [0.05, 0.1) is 17.9 Å². The summed E-state index contributed by atoms with van der Waals surface area (Å²) in [7, 11) is 3.84. The third kappa shape index (κ3) is 2.40. The molecule has 0 saturated heterocycles. The highest BCUT2D eigenvalue weighted by molar-refractivity contribution is 9.10. The normalized spacial score (nSPS) is 12.7. The van der Waals surface area contributed by atoms with Crippen LogP contribution in [0.1, 0.15) is 22.9 Å². The van der Waals surface area contributed by atoms with Crippen LogP contribution < -0.4 is 5.32 Å². The largest absolute Gasteiger partial charge is 0.308 e. The average Bonchev–Trinajstić information content (AvgIpc) is 2.71. The van der Waals surface area contributed by atoms with E-state index in [1.54, 1.807) is 10.9 Å². The van der Waals surface area contributed by atoms with Gasteiger partial charge < -0.3 is 5.32 Å². The summed E-state index contributed by atoms with van der Waals surface area (Å²) in [6.45, 7) is 2.09. The van der Waals surface area contributed by atoms with E-state index in [9.17, 15) is 0 Å². The fraction of sp³-hybridized carbons (Fsp3) is 0.333. The molecule has 0 aliphatic rings. The zero-order chi connectivity index (χ0) is 12.4. The van der Waals surface area contributed by atoms with Crippen LogP contribution in [-0.4, -0.2) is 22.0 Å². The molecule has 1 aromatic carbocycles. The van der Waals surface area contributed by atoms with Crippen molar-refractivity contribution in [2.75, 3.05) is 7.05 Å². The molecule has 17 heavy (non-hydrogen) atoms. The first-order chi connectivity index (χ1) is 8.13. The first kappa shape index (κ1) is 12.3. The monoisotopic (exact) mass is 294 g/mol. The van der Waals surface area contributed by atoms with Crippen LogP contribution in [0.5, 0.6) is 0 Å². The van der Waals surface area contributed by atoms with Crippen LogP contribution in [0.4, 0.5) is 0 Å². The van der Waals surface area contributed by atoms with Crippen molar-refractivity contribution in [3.05, 3.63) is 45.7 Å². The quantitative estimate of drug-likeness (QED) is 0.944. The van der Waals surface area contributed by atoms with Crippen molar-refractivity contribution in [2.45, 2.75) is 13.0 Å². The summed E-state index contributed by atoms with van der Waals surface area (Å²) in [4.78, 5) is 0. The van der Waals surface area contributed by atoms with Gasteiger partial charge in [0.15, 0.2) is 0 Å². The van der Waals surface area contributed by atoms with E-state index in [4.69, 9.17) is 0 Å². The summed E-state index contributed by atoms with van der Waals surface area (Å²) in [5.74, 6) is 0. The summed E-state index contributed by atoms with van der Waals surface area (Å²) < 4.78 is 2.91. The van der Waals surface area contributed by atoms with Gasteiger partial charge in [-0.25, -0.2) is 0 Å². The van der Waals surface area contributed by atoms with Gasteiger partial charge >= 0.3 is 0 Å². The predicted octanol–water partition coefficient (Wildman–Crippen LogP) is 2.19. The van der Waals surface area contributed by atoms with Gasteiger partial charge in [-0.05, 0) is 31.2 Å². The van der Waals surface area contributed by atoms with Gasteiger partial charge in [0.25, 0.3) is 0 Å². The molecule has 1 unspecified atom stereocenters. The molecule has 0 amide bonds. The maximum Gasteiger partial charge on any atom is 0.0798 e. The second-order valence-corrected chi connectivity index (χ2v) is 4.87. The molecule has 0 fully saturated rings. The Morgan fingerprint density at radius 2 is 2.18 bits per heavy atom. The summed E-state index contributed by atoms with van der Waals surface area (Å²) >= 11 is 3.51. The Hall–Kier alpha value is -1.20. The van der Waals surface area contributed by atoms with Gasteiger partial charge in [-0.1, -0.05) is 33.3 Å². The van der Waals surface area contributed by atoms with E-state index in [1.165, 1.54) is 11.1 Å². The van der Waals surface area contributed by atoms with Crippen LogP contribution >= 0.6 is 15.9 Å². The Kier molecular flexibility index (Phi) is 3.59. The molecule has 4 nitrogen and oxygen atoms in total. The van der Waals surface area contributed by atoms with Crippen LogP contribution in [0.3, 0.4) is 0 Å². The van der Waals surface area contributed by atoms with Crippen LogP contribution in [0.2, 0.25) is 0 Å². The maximum atomic E-state index is 3.97. The number of halogens is 1. The number of nitrogens with zero attached hydrogens (tertiary/aromatic N) is 3. The topological polar surface area (TPSA) is 42.7 Å². The number of aryl methyl sites for hydroxylation is 2. The van der Waals surface area contributed by atoms with Crippen molar-refractivity contribution < 1.29 is 0 Å². The van der Waals surface area contributed by atoms with E-state index < -0.39 is 0 Å². The highest BCUT2D eigenvalue weighted by atomic mass is 79.9. The highest BCUT2D eigenvalue weighted by Crippen LogP contribution is 2.24. The summed E-state index contributed by atoms with van der Waals surface area (Å²) in [5.41, 5.74) is 3.48. The molecule has 0 saturated carbocycles. The van der Waals surface area contributed by atoms with Gasteiger partial charge in [-0.3, -0.25) is 4.68 Å². The lowest BCUT2D eigenvalue weighted by molar-refractivity contribution is 0.597. The SMILES string of the molecule is CNC(c1ccc(Br)c(C)c1)c1cnnn1C. The van der Waals surface area contributed by atoms with Crippen LogP contribution in [0.15, 0.2) is 28.9 Å². The van der Waals surface area contributed by atoms with Crippen LogP contribution in [-0.2, 0) is 7.05 Å². The van der Waals surface area contributed by atoms with Crippen LogP contribution in [0.25, 0.3) is 0 Å². The molecule has 2 rings (SSSR count). The molecule has 1 heterocycles. The zero-order valence-corrected chi connectivity index (χ0v) is 11.7. The van der Waals surface area contributed by atoms with Gasteiger partial charge in [0, 0.05) is 11.5 Å². The second kappa shape index (κ2) is 4.98. The summed E-state index contributed by atoms with van der Waals surface area (Å²) in [5, 5.41) is 11.2. The summed E-state index contributed by atoms with van der Waals surface area (Å²) in [6.07, 6.45) is 1.79. The molecule has 0 bridgehead atoms. The second-order valence-electron chi connectivity index (χ2n) is 4.01. The van der Waals surface area contributed by atoms with Crippen LogP contribution in [0, 0.1) is 6.92 Å². The molecule has 0 radical (unpaired) electrons. The van der Waals surface area contributed by atoms with E-state index in [0.29, 0.717) is 0 Å². The Labute approximate surface area is 109 Å². The predicted molar refractivity (Wildman–Crippen MR) is 70.8 cm³/mol. The number of benzene rings is 1. The summed E-state index contributed by atoms with van der Waals surface area (Å²) in [6, 6.07) is 6.45. The van der Waals surface area contributed by atoms with Gasteiger partial charge in [0.2, 0.25) is 0 Å². The standard InChI is InChI=1S/C12H15BrN4/c1-8-6-9(4-5-10(8)13)12(14-2)11-7-15-16-17(11)3/h4-7,12,14H,1-3H3. The number of aromatic nitrogens is 3. The number of hydrogen-bond donors (Lipinski definition) is 1. The Bertz CT molecular complexity index is 521. The molecule has 2 aromatic rings. The fourth-order valence-corrected chi connectivity index (χ4v) is 2.14. The third-order valence-corrected chi connectivity index (χ3v) is 3.74. The number of rotatable bonds is 3. The molecule has 1 aromatic heterocycles. The Morgan fingerprint density at radius 1 is 1.41 bits per heavy atom. The number of nitrogens with one attached hydrogen (secondary N) is 1. The van der Waals surface area contributed by atoms with E-state index in [0.717, 1.165) is 10.2 Å². The van der Waals surface area contributed by atoms with E-state index in [-0.39, 0.29) is 6.04 Å². The molecule has 1 N–H and O–H groups in total. The molecule has 90 valence electrons. The van der Waals surface area contributed by atoms with Crippen molar-refractivity contribution in [3.8, 4) is 0 Å². The molecule has 0 aliphatic heterocycles. The van der Waals surface area contributed by atoms with Crippen molar-refractivity contribution in [1.29, 1.82) is 0 Å². The van der Waals surface area contributed by atoms with Crippen molar-refractivity contribution in [2.24, 2.45) is 7.05 Å². The molecule has 1 atom stereocenters. The minimum atomic E-state index is 0.113. The Balaban J connectivity index is 2.42. The van der Waals surface area contributed by atoms with E-state index in [2.05, 4.69) is 56.7 Å². The zero-order valence-electron chi connectivity index (χ0n) is 10.1. The molecular formula is C12H15BrN4. The maximum absolute atomic E-state index is 3.97. The Morgan fingerprint density at radius 3 is 2.71 bits per heavy atom. The lowest BCUT2D eigenvalue weighted by atomic mass is 10.0. The van der Waals surface area contributed by atoms with Gasteiger partial charge in [0.1, 0.15) is 0 Å². The first-order valence-corrected chi connectivity index (χ1v) is 6.20. The number of hydrogen-bond acceptors (Lipinski definition) is 3.